The predicted molar refractivity (Wildman–Crippen MR) is 121 cm³/mol. The van der Waals surface area contributed by atoms with Gasteiger partial charge >= 0.3 is 6.09 Å². The van der Waals surface area contributed by atoms with E-state index < -0.39 is 6.09 Å². The van der Waals surface area contributed by atoms with Crippen LogP contribution in [0.1, 0.15) is 18.4 Å². The molecule has 4 aromatic rings. The van der Waals surface area contributed by atoms with Crippen molar-refractivity contribution >= 4 is 11.9 Å². The number of H-pyrrole nitrogens is 1. The van der Waals surface area contributed by atoms with Crippen LogP contribution in [0.4, 0.5) is 10.6 Å². The zero-order valence-corrected chi connectivity index (χ0v) is 17.4. The number of amides is 1. The molecule has 10 nitrogen and oxygen atoms in total. The summed E-state index contributed by atoms with van der Waals surface area (Å²) in [4.78, 5) is 33.9. The van der Waals surface area contributed by atoms with Gasteiger partial charge in [-0.1, -0.05) is 29.4 Å². The molecule has 1 fully saturated rings. The second-order valence-electron chi connectivity index (χ2n) is 7.75. The molecule has 166 valence electrons. The quantitative estimate of drug-likeness (QED) is 0.339. The van der Waals surface area contributed by atoms with Crippen molar-refractivity contribution < 1.29 is 14.4 Å². The Kier molecular flexibility index (Phi) is 5.41. The number of anilines is 1. The number of aromatic amines is 1. The summed E-state index contributed by atoms with van der Waals surface area (Å²) in [5, 5.41) is 19.0. The highest BCUT2D eigenvalue weighted by Crippen LogP contribution is 2.31. The van der Waals surface area contributed by atoms with Gasteiger partial charge in [0.1, 0.15) is 5.69 Å². The minimum absolute atomic E-state index is 0.0138. The smallest absolute Gasteiger partial charge is 0.410 e. The van der Waals surface area contributed by atoms with Crippen LogP contribution in [-0.4, -0.2) is 37.4 Å². The lowest BCUT2D eigenvalue weighted by molar-refractivity contribution is 0.209. The lowest BCUT2D eigenvalue weighted by Gasteiger charge is -2.07. The molecule has 0 saturated heterocycles. The van der Waals surface area contributed by atoms with Gasteiger partial charge in [-0.2, -0.15) is 0 Å². The van der Waals surface area contributed by atoms with E-state index in [0.29, 0.717) is 23.0 Å². The van der Waals surface area contributed by atoms with Crippen LogP contribution in [0.2, 0.25) is 0 Å². The van der Waals surface area contributed by atoms with E-state index in [0.717, 1.165) is 12.1 Å². The molecule has 1 amide bonds. The van der Waals surface area contributed by atoms with Crippen molar-refractivity contribution in [1.82, 2.24) is 25.4 Å². The fourth-order valence-corrected chi connectivity index (χ4v) is 3.33. The van der Waals surface area contributed by atoms with Crippen molar-refractivity contribution in [2.24, 2.45) is 0 Å². The molecular formula is C23H20N6O4. The molecule has 0 aliphatic heterocycles. The number of pyridine rings is 1. The Hall–Kier alpha value is -4.31. The van der Waals surface area contributed by atoms with Gasteiger partial charge in [0, 0.05) is 42.0 Å². The molecule has 1 saturated carbocycles. The first-order valence-electron chi connectivity index (χ1n) is 10.4. The highest BCUT2D eigenvalue weighted by atomic mass is 16.5. The van der Waals surface area contributed by atoms with Gasteiger partial charge in [-0.3, -0.25) is 10.1 Å². The third-order valence-corrected chi connectivity index (χ3v) is 5.24. The Morgan fingerprint density at radius 3 is 2.61 bits per heavy atom. The SMILES string of the molecule is O=C(O)Nc1ncc(-c2ccc(=O)[nH]c2)nc1-c1cc(-c2ccc(CNC3CC3)cc2)no1. The fraction of sp³-hybridized carbons (Fsp3) is 0.174. The summed E-state index contributed by atoms with van der Waals surface area (Å²) in [7, 11) is 0. The Balaban J connectivity index is 1.45. The van der Waals surface area contributed by atoms with Gasteiger partial charge in [0.25, 0.3) is 0 Å². The summed E-state index contributed by atoms with van der Waals surface area (Å²) < 4.78 is 5.50. The van der Waals surface area contributed by atoms with Crippen molar-refractivity contribution in [3.8, 4) is 34.0 Å². The first kappa shape index (κ1) is 20.6. The van der Waals surface area contributed by atoms with E-state index in [-0.39, 0.29) is 22.8 Å². The maximum Gasteiger partial charge on any atom is 0.410 e. The van der Waals surface area contributed by atoms with Crippen LogP contribution in [-0.2, 0) is 6.54 Å². The van der Waals surface area contributed by atoms with Crippen LogP contribution in [0, 0.1) is 0 Å². The Bertz CT molecular complexity index is 1340. The summed E-state index contributed by atoms with van der Waals surface area (Å²) in [6.07, 6.45) is 4.12. The monoisotopic (exact) mass is 444 g/mol. The summed E-state index contributed by atoms with van der Waals surface area (Å²) in [5.41, 5.74) is 3.61. The van der Waals surface area contributed by atoms with Crippen LogP contribution in [0.25, 0.3) is 34.0 Å². The zero-order valence-electron chi connectivity index (χ0n) is 17.4. The van der Waals surface area contributed by atoms with Gasteiger partial charge < -0.3 is 19.9 Å². The van der Waals surface area contributed by atoms with Crippen molar-refractivity contribution in [3.05, 3.63) is 70.8 Å². The molecule has 3 heterocycles. The molecule has 0 spiro atoms. The second kappa shape index (κ2) is 8.67. The average molecular weight is 444 g/mol. The standard InChI is InChI=1S/C23H20N6O4/c30-20-8-5-15(11-25-20)18-12-26-22(28-23(31)32)21(27-18)19-9-17(29-33-19)14-3-1-13(2-4-14)10-24-16-6-7-16/h1-5,8-9,11-12,16,24H,6-7,10H2,(H,25,30)(H,26,28)(H,31,32). The summed E-state index contributed by atoms with van der Waals surface area (Å²) >= 11 is 0. The van der Waals surface area contributed by atoms with Gasteiger partial charge in [0.05, 0.1) is 11.9 Å². The minimum Gasteiger partial charge on any atom is -0.465 e. The molecule has 5 rings (SSSR count). The van der Waals surface area contributed by atoms with Gasteiger partial charge in [-0.05, 0) is 24.5 Å². The molecule has 33 heavy (non-hydrogen) atoms. The Morgan fingerprint density at radius 1 is 1.12 bits per heavy atom. The Morgan fingerprint density at radius 2 is 1.91 bits per heavy atom. The van der Waals surface area contributed by atoms with E-state index in [4.69, 9.17) is 4.52 Å². The Labute approximate surface area is 187 Å². The number of hydrogen-bond acceptors (Lipinski definition) is 7. The van der Waals surface area contributed by atoms with Crippen molar-refractivity contribution in [2.75, 3.05) is 5.32 Å². The van der Waals surface area contributed by atoms with E-state index in [2.05, 4.69) is 30.7 Å². The number of hydrogen-bond donors (Lipinski definition) is 4. The molecule has 10 heteroatoms. The number of carboxylic acid groups (broad SMARTS) is 1. The molecule has 0 bridgehead atoms. The van der Waals surface area contributed by atoms with Crippen LogP contribution < -0.4 is 16.2 Å². The van der Waals surface area contributed by atoms with Gasteiger partial charge in [0.2, 0.25) is 5.56 Å². The number of benzene rings is 1. The summed E-state index contributed by atoms with van der Waals surface area (Å²) in [5.74, 6) is 0.270. The molecule has 1 aromatic carbocycles. The highest BCUT2D eigenvalue weighted by molar-refractivity contribution is 5.87. The molecule has 1 aliphatic carbocycles. The van der Waals surface area contributed by atoms with Crippen molar-refractivity contribution in [2.45, 2.75) is 25.4 Å². The first-order chi connectivity index (χ1) is 16.0. The molecule has 4 N–H and O–H groups in total. The number of nitrogens with zero attached hydrogens (tertiary/aromatic N) is 3. The molecule has 0 atom stereocenters. The van der Waals surface area contributed by atoms with Crippen LogP contribution in [0.15, 0.2) is 64.2 Å². The van der Waals surface area contributed by atoms with E-state index in [1.807, 2.05) is 24.3 Å². The highest BCUT2D eigenvalue weighted by Gasteiger charge is 2.20. The average Bonchev–Trinajstić information content (AvgIpc) is 3.52. The van der Waals surface area contributed by atoms with Crippen molar-refractivity contribution in [1.29, 1.82) is 0 Å². The topological polar surface area (TPSA) is 146 Å². The van der Waals surface area contributed by atoms with Gasteiger partial charge in [-0.15, -0.1) is 0 Å². The van der Waals surface area contributed by atoms with Gasteiger partial charge in [-0.25, -0.2) is 14.8 Å². The molecule has 3 aromatic heterocycles. The van der Waals surface area contributed by atoms with E-state index in [9.17, 15) is 14.7 Å². The maximum absolute atomic E-state index is 11.4. The lowest BCUT2D eigenvalue weighted by Crippen LogP contribution is -2.14. The fourth-order valence-electron chi connectivity index (χ4n) is 3.33. The third-order valence-electron chi connectivity index (χ3n) is 5.24. The minimum atomic E-state index is -1.28. The third kappa shape index (κ3) is 4.80. The summed E-state index contributed by atoms with van der Waals surface area (Å²) in [6.45, 7) is 0.826. The molecule has 0 unspecified atom stereocenters. The van der Waals surface area contributed by atoms with E-state index in [1.165, 1.54) is 36.9 Å². The maximum atomic E-state index is 11.4. The number of carbonyl (C=O) groups is 1. The second-order valence-corrected chi connectivity index (χ2v) is 7.75. The lowest BCUT2D eigenvalue weighted by atomic mass is 10.1. The zero-order chi connectivity index (χ0) is 22.8. The number of aromatic nitrogens is 4. The van der Waals surface area contributed by atoms with E-state index >= 15 is 0 Å². The van der Waals surface area contributed by atoms with Crippen molar-refractivity contribution in [3.63, 3.8) is 0 Å². The predicted octanol–water partition coefficient (Wildman–Crippen LogP) is 3.50. The normalized spacial score (nSPS) is 13.1. The van der Waals surface area contributed by atoms with Crippen LogP contribution in [0.3, 0.4) is 0 Å². The van der Waals surface area contributed by atoms with Gasteiger partial charge in [0.15, 0.2) is 17.3 Å². The van der Waals surface area contributed by atoms with Crippen LogP contribution >= 0.6 is 0 Å². The molecule has 0 radical (unpaired) electrons. The number of nitrogens with one attached hydrogen (secondary N) is 3. The molecular weight excluding hydrogens is 424 g/mol. The van der Waals surface area contributed by atoms with Crippen LogP contribution in [0.5, 0.6) is 0 Å². The summed E-state index contributed by atoms with van der Waals surface area (Å²) in [6, 6.07) is 13.3. The van der Waals surface area contributed by atoms with E-state index in [1.54, 1.807) is 12.1 Å². The molecule has 1 aliphatic rings. The largest absolute Gasteiger partial charge is 0.465 e. The first-order valence-corrected chi connectivity index (χ1v) is 10.4. The number of rotatable bonds is 7.